The maximum Gasteiger partial charge on any atom is 0.326 e. The minimum Gasteiger partial charge on any atom is -0.493 e. The summed E-state index contributed by atoms with van der Waals surface area (Å²) in [5.74, 6) is -1.17. The molecule has 33 heavy (non-hydrogen) atoms. The molecule has 2 aromatic rings. The van der Waals surface area contributed by atoms with E-state index in [1.54, 1.807) is 32.0 Å². The second-order valence-corrected chi connectivity index (χ2v) is 10.1. The monoisotopic (exact) mass is 587 g/mol. The van der Waals surface area contributed by atoms with Crippen molar-refractivity contribution in [2.75, 3.05) is 14.2 Å². The largest absolute Gasteiger partial charge is 0.493 e. The van der Waals surface area contributed by atoms with E-state index < -0.39 is 17.8 Å². The zero-order valence-corrected chi connectivity index (χ0v) is 22.6. The number of methoxy groups -OCH3 is 1. The van der Waals surface area contributed by atoms with Gasteiger partial charge in [0, 0.05) is 18.7 Å². The highest BCUT2D eigenvalue weighted by molar-refractivity contribution is 9.11. The lowest BCUT2D eigenvalue weighted by atomic mass is 10.0. The van der Waals surface area contributed by atoms with Crippen LogP contribution in [-0.4, -0.2) is 42.1 Å². The van der Waals surface area contributed by atoms with Gasteiger partial charge >= 0.3 is 5.97 Å². The molecule has 9 heteroatoms. The van der Waals surface area contributed by atoms with Gasteiger partial charge in [-0.3, -0.25) is 4.79 Å². The van der Waals surface area contributed by atoms with Crippen molar-refractivity contribution in [3.63, 3.8) is 0 Å². The molecule has 0 fully saturated rings. The van der Waals surface area contributed by atoms with E-state index in [2.05, 4.69) is 31.9 Å². The van der Waals surface area contributed by atoms with Crippen molar-refractivity contribution < 1.29 is 28.6 Å². The average Bonchev–Trinajstić information content (AvgIpc) is 2.69. The first-order valence-electron chi connectivity index (χ1n) is 10.4. The molecule has 0 radical (unpaired) electrons. The molecule has 0 unspecified atom stereocenters. The third-order valence-corrected chi connectivity index (χ3v) is 6.38. The molecule has 0 heterocycles. The smallest absolute Gasteiger partial charge is 0.326 e. The van der Waals surface area contributed by atoms with Gasteiger partial charge in [-0.05, 0) is 67.5 Å². The average molecular weight is 589 g/mol. The quantitative estimate of drug-likeness (QED) is 0.367. The van der Waals surface area contributed by atoms with Gasteiger partial charge in [0.25, 0.3) is 0 Å². The summed E-state index contributed by atoms with van der Waals surface area (Å²) in [5, 5.41) is 9.44. The molecule has 6 nitrogen and oxygen atoms in total. The highest BCUT2D eigenvalue weighted by Crippen LogP contribution is 2.40. The second-order valence-electron chi connectivity index (χ2n) is 8.38. The molecule has 180 valence electrons. The minimum atomic E-state index is -1.04. The SMILES string of the molecule is COc1c(F)cc(Oc2c(Br)cc(CC(=O)N(C)[C@H](C(=O)O)C(C)C)cc2Br)cc1C(C)C. The molecule has 0 saturated carbocycles. The van der Waals surface area contributed by atoms with Crippen LogP contribution in [0.3, 0.4) is 0 Å². The summed E-state index contributed by atoms with van der Waals surface area (Å²) in [4.78, 5) is 25.5. The van der Waals surface area contributed by atoms with E-state index in [1.807, 2.05) is 13.8 Å². The summed E-state index contributed by atoms with van der Waals surface area (Å²) < 4.78 is 26.8. The first-order valence-corrected chi connectivity index (χ1v) is 12.0. The molecule has 0 saturated heterocycles. The van der Waals surface area contributed by atoms with E-state index in [4.69, 9.17) is 9.47 Å². The topological polar surface area (TPSA) is 76.1 Å². The Morgan fingerprint density at radius 2 is 1.64 bits per heavy atom. The number of aliphatic carboxylic acids is 1. The van der Waals surface area contributed by atoms with E-state index in [-0.39, 0.29) is 29.9 Å². The van der Waals surface area contributed by atoms with Gasteiger partial charge < -0.3 is 19.5 Å². The Kier molecular flexibility index (Phi) is 9.31. The van der Waals surface area contributed by atoms with E-state index in [0.717, 1.165) is 0 Å². The van der Waals surface area contributed by atoms with Crippen LogP contribution in [0, 0.1) is 11.7 Å². The highest BCUT2D eigenvalue weighted by Gasteiger charge is 2.29. The molecule has 1 amide bonds. The number of carboxylic acids is 1. The molecule has 0 spiro atoms. The van der Waals surface area contributed by atoms with Crippen molar-refractivity contribution >= 4 is 43.7 Å². The number of amides is 1. The lowest BCUT2D eigenvalue weighted by molar-refractivity contribution is -0.150. The predicted molar refractivity (Wildman–Crippen MR) is 132 cm³/mol. The summed E-state index contributed by atoms with van der Waals surface area (Å²) in [6.07, 6.45) is 0.0130. The minimum absolute atomic E-state index is 0.0130. The summed E-state index contributed by atoms with van der Waals surface area (Å²) in [6, 6.07) is 5.52. The van der Waals surface area contributed by atoms with Crippen LogP contribution >= 0.6 is 31.9 Å². The number of likely N-dealkylation sites (N-methyl/N-ethyl adjacent to an activating group) is 1. The molecule has 0 aromatic heterocycles. The number of carbonyl (C=O) groups excluding carboxylic acids is 1. The Balaban J connectivity index is 2.30. The van der Waals surface area contributed by atoms with Crippen LogP contribution in [0.4, 0.5) is 4.39 Å². The fourth-order valence-electron chi connectivity index (χ4n) is 3.57. The molecular weight excluding hydrogens is 561 g/mol. The van der Waals surface area contributed by atoms with E-state index in [1.165, 1.54) is 25.1 Å². The molecule has 2 rings (SSSR count). The van der Waals surface area contributed by atoms with Gasteiger partial charge in [0.05, 0.1) is 22.5 Å². The number of benzene rings is 2. The maximum absolute atomic E-state index is 14.5. The van der Waals surface area contributed by atoms with Crippen LogP contribution in [0.2, 0.25) is 0 Å². The van der Waals surface area contributed by atoms with Crippen molar-refractivity contribution in [2.24, 2.45) is 5.92 Å². The Morgan fingerprint density at radius 3 is 2.09 bits per heavy atom. The van der Waals surface area contributed by atoms with Crippen molar-refractivity contribution in [3.05, 3.63) is 50.2 Å². The second kappa shape index (κ2) is 11.3. The van der Waals surface area contributed by atoms with E-state index in [0.29, 0.717) is 31.6 Å². The molecule has 2 aromatic carbocycles. The number of nitrogens with zero attached hydrogens (tertiary/aromatic N) is 1. The van der Waals surface area contributed by atoms with Crippen LogP contribution < -0.4 is 9.47 Å². The van der Waals surface area contributed by atoms with Gasteiger partial charge in [-0.1, -0.05) is 27.7 Å². The number of ether oxygens (including phenoxy) is 2. The third kappa shape index (κ3) is 6.47. The zero-order chi connectivity index (χ0) is 25.0. The van der Waals surface area contributed by atoms with E-state index in [9.17, 15) is 19.1 Å². The van der Waals surface area contributed by atoms with Gasteiger partial charge in [-0.2, -0.15) is 0 Å². The number of carbonyl (C=O) groups is 2. The molecule has 1 atom stereocenters. The molecule has 0 bridgehead atoms. The maximum atomic E-state index is 14.5. The van der Waals surface area contributed by atoms with Crippen molar-refractivity contribution in [3.8, 4) is 17.2 Å². The Hall–Kier alpha value is -2.13. The number of hydrogen-bond acceptors (Lipinski definition) is 4. The van der Waals surface area contributed by atoms with Gasteiger partial charge in [0.1, 0.15) is 11.8 Å². The Labute approximate surface area is 210 Å². The molecule has 0 aliphatic rings. The van der Waals surface area contributed by atoms with Crippen LogP contribution in [0.1, 0.15) is 44.7 Å². The lowest BCUT2D eigenvalue weighted by Crippen LogP contribution is -2.46. The van der Waals surface area contributed by atoms with Gasteiger partial charge in [0.2, 0.25) is 5.91 Å². The predicted octanol–water partition coefficient (Wildman–Crippen LogP) is 6.39. The summed E-state index contributed by atoms with van der Waals surface area (Å²) in [6.45, 7) is 7.39. The zero-order valence-electron chi connectivity index (χ0n) is 19.4. The van der Waals surface area contributed by atoms with Gasteiger partial charge in [0.15, 0.2) is 17.3 Å². The third-order valence-electron chi connectivity index (χ3n) is 5.20. The van der Waals surface area contributed by atoms with Crippen molar-refractivity contribution in [2.45, 2.75) is 46.1 Å². The van der Waals surface area contributed by atoms with Gasteiger partial charge in [-0.25, -0.2) is 9.18 Å². The summed E-state index contributed by atoms with van der Waals surface area (Å²) in [5.41, 5.74) is 1.35. The summed E-state index contributed by atoms with van der Waals surface area (Å²) >= 11 is 6.92. The normalized spacial score (nSPS) is 12.1. The van der Waals surface area contributed by atoms with Crippen molar-refractivity contribution in [1.29, 1.82) is 0 Å². The first-order chi connectivity index (χ1) is 15.4. The Morgan fingerprint density at radius 1 is 1.06 bits per heavy atom. The number of halogens is 3. The van der Waals surface area contributed by atoms with Crippen molar-refractivity contribution in [1.82, 2.24) is 4.90 Å². The lowest BCUT2D eigenvalue weighted by Gasteiger charge is -2.28. The number of carboxylic acid groups (broad SMARTS) is 1. The summed E-state index contributed by atoms with van der Waals surface area (Å²) in [7, 11) is 2.92. The molecular formula is C24H28Br2FNO5. The van der Waals surface area contributed by atoms with E-state index >= 15 is 0 Å². The highest BCUT2D eigenvalue weighted by atomic mass is 79.9. The molecule has 0 aliphatic heterocycles. The molecule has 1 N–H and O–H groups in total. The van der Waals surface area contributed by atoms with Crippen LogP contribution in [0.25, 0.3) is 0 Å². The van der Waals surface area contributed by atoms with Crippen LogP contribution in [0.5, 0.6) is 17.2 Å². The standard InChI is InChI=1S/C24H28Br2FNO5/c1-12(2)16-10-15(11-19(27)22(16)32-6)33-23-17(25)7-14(8-18(23)26)9-20(29)28(5)21(13(3)4)24(30)31/h7-8,10-13,21H,9H2,1-6H3,(H,30,31)/t21-/m0/s1. The van der Waals surface area contributed by atoms with Gasteiger partial charge in [-0.15, -0.1) is 0 Å². The van der Waals surface area contributed by atoms with Crippen LogP contribution in [0.15, 0.2) is 33.2 Å². The number of hydrogen-bond donors (Lipinski definition) is 1. The fraction of sp³-hybridized carbons (Fsp3) is 0.417. The Bertz CT molecular complexity index is 1020. The number of rotatable bonds is 9. The van der Waals surface area contributed by atoms with Crippen LogP contribution in [-0.2, 0) is 16.0 Å². The molecule has 0 aliphatic carbocycles. The first kappa shape index (κ1) is 27.1. The fourth-order valence-corrected chi connectivity index (χ4v) is 5.02.